The van der Waals surface area contributed by atoms with Gasteiger partial charge < -0.3 is 15.0 Å². The van der Waals surface area contributed by atoms with E-state index in [2.05, 4.69) is 5.32 Å². The van der Waals surface area contributed by atoms with Gasteiger partial charge in [0.15, 0.2) is 0 Å². The summed E-state index contributed by atoms with van der Waals surface area (Å²) in [6.07, 6.45) is 0.927. The lowest BCUT2D eigenvalue weighted by molar-refractivity contribution is -0.140. The molecule has 150 valence electrons. The molecule has 0 aliphatic rings. The van der Waals surface area contributed by atoms with Gasteiger partial charge in [0.05, 0.1) is 6.61 Å². The van der Waals surface area contributed by atoms with Gasteiger partial charge in [-0.2, -0.15) is 0 Å². The van der Waals surface area contributed by atoms with Crippen molar-refractivity contribution in [2.75, 3.05) is 13.7 Å². The van der Waals surface area contributed by atoms with E-state index in [1.807, 2.05) is 62.4 Å². The highest BCUT2D eigenvalue weighted by molar-refractivity contribution is 5.87. The fourth-order valence-corrected chi connectivity index (χ4v) is 2.99. The molecule has 0 spiro atoms. The van der Waals surface area contributed by atoms with E-state index in [4.69, 9.17) is 4.74 Å². The van der Waals surface area contributed by atoms with Crippen LogP contribution in [0.4, 0.5) is 0 Å². The second-order valence-electron chi connectivity index (χ2n) is 7.07. The minimum atomic E-state index is -0.531. The quantitative estimate of drug-likeness (QED) is 0.674. The molecule has 0 fully saturated rings. The number of nitrogens with zero attached hydrogens (tertiary/aromatic N) is 1. The van der Waals surface area contributed by atoms with Crippen molar-refractivity contribution in [1.82, 2.24) is 10.2 Å². The monoisotopic (exact) mass is 382 g/mol. The molecular formula is C23H30N2O3. The summed E-state index contributed by atoms with van der Waals surface area (Å²) in [4.78, 5) is 26.6. The summed E-state index contributed by atoms with van der Waals surface area (Å²) in [5.41, 5.74) is 3.32. The van der Waals surface area contributed by atoms with E-state index >= 15 is 0 Å². The highest BCUT2D eigenvalue weighted by Crippen LogP contribution is 2.15. The van der Waals surface area contributed by atoms with Gasteiger partial charge in [-0.3, -0.25) is 9.59 Å². The molecule has 0 unspecified atom stereocenters. The molecule has 0 bridgehead atoms. The summed E-state index contributed by atoms with van der Waals surface area (Å²) in [6.45, 7) is 6.67. The first-order valence-electron chi connectivity index (χ1n) is 9.66. The first-order valence-corrected chi connectivity index (χ1v) is 9.66. The molecule has 28 heavy (non-hydrogen) atoms. The molecule has 0 aliphatic heterocycles. The van der Waals surface area contributed by atoms with Gasteiger partial charge in [0.2, 0.25) is 11.8 Å². The van der Waals surface area contributed by atoms with Crippen LogP contribution in [0.2, 0.25) is 0 Å². The van der Waals surface area contributed by atoms with Crippen LogP contribution < -0.4 is 10.1 Å². The molecule has 0 aliphatic carbocycles. The minimum absolute atomic E-state index is 0.0508. The maximum Gasteiger partial charge on any atom is 0.242 e. The Morgan fingerprint density at radius 3 is 2.43 bits per heavy atom. The summed E-state index contributed by atoms with van der Waals surface area (Å²) in [5.74, 6) is 0.579. The first-order chi connectivity index (χ1) is 13.4. The van der Waals surface area contributed by atoms with Gasteiger partial charge in [-0.05, 0) is 44.9 Å². The third kappa shape index (κ3) is 6.41. The van der Waals surface area contributed by atoms with Crippen LogP contribution in [-0.4, -0.2) is 36.4 Å². The Morgan fingerprint density at radius 1 is 1.07 bits per heavy atom. The van der Waals surface area contributed by atoms with Crippen LogP contribution in [0.15, 0.2) is 48.5 Å². The molecule has 0 saturated carbocycles. The maximum atomic E-state index is 12.8. The van der Waals surface area contributed by atoms with Crippen molar-refractivity contribution in [3.8, 4) is 5.75 Å². The normalized spacial score (nSPS) is 11.6. The Balaban J connectivity index is 1.95. The number of nitrogens with one attached hydrogen (secondary N) is 1. The molecule has 5 heteroatoms. The van der Waals surface area contributed by atoms with E-state index in [1.54, 1.807) is 18.9 Å². The largest absolute Gasteiger partial charge is 0.494 e. The van der Waals surface area contributed by atoms with E-state index in [1.165, 1.54) is 5.56 Å². The fourth-order valence-electron chi connectivity index (χ4n) is 2.99. The van der Waals surface area contributed by atoms with Gasteiger partial charge in [-0.1, -0.05) is 47.5 Å². The van der Waals surface area contributed by atoms with Crippen LogP contribution in [0, 0.1) is 13.8 Å². The second-order valence-corrected chi connectivity index (χ2v) is 7.07. The van der Waals surface area contributed by atoms with Gasteiger partial charge >= 0.3 is 0 Å². The lowest BCUT2D eigenvalue weighted by atomic mass is 10.1. The van der Waals surface area contributed by atoms with Gasteiger partial charge in [0.1, 0.15) is 11.8 Å². The lowest BCUT2D eigenvalue weighted by Crippen LogP contribution is -2.46. The van der Waals surface area contributed by atoms with Crippen LogP contribution in [-0.2, 0) is 16.1 Å². The molecule has 2 aromatic rings. The molecular weight excluding hydrogens is 352 g/mol. The Bertz CT molecular complexity index is 787. The molecule has 1 atom stereocenters. The van der Waals surface area contributed by atoms with Crippen molar-refractivity contribution in [3.63, 3.8) is 0 Å². The second kappa shape index (κ2) is 10.5. The van der Waals surface area contributed by atoms with Gasteiger partial charge in [0, 0.05) is 20.0 Å². The molecule has 1 N–H and O–H groups in total. The van der Waals surface area contributed by atoms with Crippen LogP contribution >= 0.6 is 0 Å². The zero-order valence-corrected chi connectivity index (χ0v) is 17.2. The first kappa shape index (κ1) is 21.5. The fraction of sp³-hybridized carbons (Fsp3) is 0.391. The topological polar surface area (TPSA) is 58.6 Å². The number of carbonyl (C=O) groups excluding carboxylic acids is 2. The SMILES string of the molecule is CNC(=O)[C@H](C)N(Cc1cccc(C)c1)C(=O)CCCOc1ccc(C)cc1. The number of carbonyl (C=O) groups is 2. The van der Waals surface area contributed by atoms with Crippen molar-refractivity contribution in [2.24, 2.45) is 0 Å². The highest BCUT2D eigenvalue weighted by atomic mass is 16.5. The van der Waals surface area contributed by atoms with Crippen LogP contribution in [0.3, 0.4) is 0 Å². The summed E-state index contributed by atoms with van der Waals surface area (Å²) >= 11 is 0. The van der Waals surface area contributed by atoms with Crippen molar-refractivity contribution < 1.29 is 14.3 Å². The van der Waals surface area contributed by atoms with Crippen LogP contribution in [0.1, 0.15) is 36.5 Å². The van der Waals surface area contributed by atoms with E-state index in [-0.39, 0.29) is 11.8 Å². The van der Waals surface area contributed by atoms with Crippen molar-refractivity contribution in [1.29, 1.82) is 0 Å². The maximum absolute atomic E-state index is 12.8. The molecule has 2 rings (SSSR count). The number of amides is 2. The van der Waals surface area contributed by atoms with Crippen molar-refractivity contribution in [3.05, 3.63) is 65.2 Å². The van der Waals surface area contributed by atoms with Crippen molar-refractivity contribution in [2.45, 2.75) is 46.2 Å². The molecule has 2 aromatic carbocycles. The molecule has 0 heterocycles. The van der Waals surface area contributed by atoms with E-state index < -0.39 is 6.04 Å². The number of hydrogen-bond donors (Lipinski definition) is 1. The average molecular weight is 383 g/mol. The smallest absolute Gasteiger partial charge is 0.242 e. The van der Waals surface area contributed by atoms with E-state index in [0.29, 0.717) is 26.0 Å². The van der Waals surface area contributed by atoms with Crippen LogP contribution in [0.25, 0.3) is 0 Å². The third-order valence-corrected chi connectivity index (χ3v) is 4.67. The lowest BCUT2D eigenvalue weighted by Gasteiger charge is -2.28. The summed E-state index contributed by atoms with van der Waals surface area (Å²) < 4.78 is 5.70. The molecule has 5 nitrogen and oxygen atoms in total. The highest BCUT2D eigenvalue weighted by Gasteiger charge is 2.25. The Kier molecular flexibility index (Phi) is 8.05. The standard InChI is InChI=1S/C23H30N2O3/c1-17-10-12-21(13-11-17)28-14-6-9-22(26)25(19(3)23(27)24-4)16-20-8-5-7-18(2)15-20/h5,7-8,10-13,15,19H,6,9,14,16H2,1-4H3,(H,24,27)/t19-/m0/s1. The summed E-state index contributed by atoms with van der Waals surface area (Å²) in [6, 6.07) is 15.3. The zero-order valence-electron chi connectivity index (χ0n) is 17.2. The Morgan fingerprint density at radius 2 is 1.79 bits per heavy atom. The zero-order chi connectivity index (χ0) is 20.5. The number of likely N-dealkylation sites (N-methyl/N-ethyl adjacent to an activating group) is 1. The number of aryl methyl sites for hydroxylation is 2. The van der Waals surface area contributed by atoms with E-state index in [0.717, 1.165) is 16.9 Å². The summed E-state index contributed by atoms with van der Waals surface area (Å²) in [5, 5.41) is 2.63. The predicted octanol–water partition coefficient (Wildman–Crippen LogP) is 3.63. The van der Waals surface area contributed by atoms with E-state index in [9.17, 15) is 9.59 Å². The Hall–Kier alpha value is -2.82. The predicted molar refractivity (Wildman–Crippen MR) is 111 cm³/mol. The summed E-state index contributed by atoms with van der Waals surface area (Å²) in [7, 11) is 1.59. The average Bonchev–Trinajstić information content (AvgIpc) is 2.69. The number of benzene rings is 2. The molecule has 0 saturated heterocycles. The molecule has 0 radical (unpaired) electrons. The number of hydrogen-bond acceptors (Lipinski definition) is 3. The third-order valence-electron chi connectivity index (χ3n) is 4.67. The van der Waals surface area contributed by atoms with Gasteiger partial charge in [0.25, 0.3) is 0 Å². The van der Waals surface area contributed by atoms with Crippen LogP contribution in [0.5, 0.6) is 5.75 Å². The van der Waals surface area contributed by atoms with Crippen molar-refractivity contribution >= 4 is 11.8 Å². The number of ether oxygens (including phenoxy) is 1. The number of rotatable bonds is 9. The minimum Gasteiger partial charge on any atom is -0.494 e. The molecule has 0 aromatic heterocycles. The van der Waals surface area contributed by atoms with Gasteiger partial charge in [-0.25, -0.2) is 0 Å². The molecule has 2 amide bonds. The Labute approximate surface area is 167 Å². The van der Waals surface area contributed by atoms with Gasteiger partial charge in [-0.15, -0.1) is 0 Å².